The fourth-order valence-electron chi connectivity index (χ4n) is 3.69. The Hall–Kier alpha value is -0.210. The quantitative estimate of drug-likeness (QED) is 0.148. The Balaban J connectivity index is 0.00000450. The lowest BCUT2D eigenvalue weighted by atomic mass is 10.1. The van der Waals surface area contributed by atoms with Gasteiger partial charge in [-0.1, -0.05) is 0 Å². The van der Waals surface area contributed by atoms with Gasteiger partial charge in [0.1, 0.15) is 0 Å². The lowest BCUT2D eigenvalue weighted by molar-refractivity contribution is 0.0200. The van der Waals surface area contributed by atoms with Gasteiger partial charge in [-0.3, -0.25) is 4.99 Å². The van der Waals surface area contributed by atoms with Gasteiger partial charge in [-0.05, 0) is 38.5 Å². The summed E-state index contributed by atoms with van der Waals surface area (Å²) in [6.45, 7) is 5.39. The molecule has 2 saturated heterocycles. The smallest absolute Gasteiger partial charge is 0.213 e. The van der Waals surface area contributed by atoms with E-state index < -0.39 is 10.0 Å². The first-order valence-corrected chi connectivity index (χ1v) is 12.4. The van der Waals surface area contributed by atoms with Crippen molar-refractivity contribution >= 4 is 40.0 Å². The molecule has 0 aliphatic carbocycles. The zero-order chi connectivity index (χ0) is 21.0. The Morgan fingerprint density at radius 2 is 2.00 bits per heavy atom. The highest BCUT2D eigenvalue weighted by molar-refractivity contribution is 14.0. The molecule has 2 rings (SSSR count). The molecule has 9 nitrogen and oxygen atoms in total. The Labute approximate surface area is 199 Å². The molecule has 1 unspecified atom stereocenters. The van der Waals surface area contributed by atoms with E-state index in [0.717, 1.165) is 71.4 Å². The summed E-state index contributed by atoms with van der Waals surface area (Å²) in [5.41, 5.74) is 0. The van der Waals surface area contributed by atoms with E-state index >= 15 is 0 Å². The zero-order valence-electron chi connectivity index (χ0n) is 18.4. The topological polar surface area (TPSA) is 104 Å². The molecule has 0 bridgehead atoms. The van der Waals surface area contributed by atoms with E-state index in [-0.39, 0.29) is 35.8 Å². The number of nitrogens with zero attached hydrogens (tertiary/aromatic N) is 2. The summed E-state index contributed by atoms with van der Waals surface area (Å²) in [5.74, 6) is 0.673. The van der Waals surface area contributed by atoms with Crippen molar-refractivity contribution < 1.29 is 17.9 Å². The van der Waals surface area contributed by atoms with Crippen molar-refractivity contribution in [1.29, 1.82) is 0 Å². The van der Waals surface area contributed by atoms with E-state index in [1.165, 1.54) is 0 Å². The van der Waals surface area contributed by atoms with E-state index in [0.29, 0.717) is 25.1 Å². The van der Waals surface area contributed by atoms with Gasteiger partial charge < -0.3 is 25.0 Å². The monoisotopic (exact) mass is 561 g/mol. The van der Waals surface area contributed by atoms with Crippen LogP contribution in [0.4, 0.5) is 0 Å². The number of piperidine rings is 1. The van der Waals surface area contributed by atoms with Gasteiger partial charge in [0.2, 0.25) is 10.0 Å². The molecular formula is C19H40IN5O4S. The third kappa shape index (κ3) is 11.4. The highest BCUT2D eigenvalue weighted by atomic mass is 127. The molecule has 2 fully saturated rings. The third-order valence-corrected chi connectivity index (χ3v) is 6.79. The normalized spacial score (nSPS) is 21.8. The van der Waals surface area contributed by atoms with Crippen molar-refractivity contribution in [1.82, 2.24) is 20.3 Å². The fraction of sp³-hybridized carbons (Fsp3) is 0.947. The number of ether oxygens (including phenoxy) is 2. The number of guanidine groups is 1. The summed E-state index contributed by atoms with van der Waals surface area (Å²) < 4.78 is 37.7. The zero-order valence-corrected chi connectivity index (χ0v) is 21.5. The van der Waals surface area contributed by atoms with E-state index in [4.69, 9.17) is 9.47 Å². The fourth-order valence-corrected chi connectivity index (χ4v) is 4.64. The number of hydrogen-bond acceptors (Lipinski definition) is 6. The first-order chi connectivity index (χ1) is 14.0. The van der Waals surface area contributed by atoms with Gasteiger partial charge in [-0.25, -0.2) is 13.1 Å². The summed E-state index contributed by atoms with van der Waals surface area (Å²) in [7, 11) is 0.120. The molecule has 11 heteroatoms. The van der Waals surface area contributed by atoms with Gasteiger partial charge in [-0.2, -0.15) is 0 Å². The highest BCUT2D eigenvalue weighted by Gasteiger charge is 2.20. The average molecular weight is 562 g/mol. The molecule has 2 heterocycles. The van der Waals surface area contributed by atoms with Gasteiger partial charge in [0.05, 0.1) is 11.9 Å². The molecule has 0 spiro atoms. The molecule has 0 amide bonds. The van der Waals surface area contributed by atoms with Crippen molar-refractivity contribution in [3.63, 3.8) is 0 Å². The number of nitrogens with one attached hydrogen (secondary N) is 3. The highest BCUT2D eigenvalue weighted by Crippen LogP contribution is 2.12. The second kappa shape index (κ2) is 15.6. The van der Waals surface area contributed by atoms with E-state index in [9.17, 15) is 8.42 Å². The van der Waals surface area contributed by atoms with E-state index in [2.05, 4.69) is 25.2 Å². The summed E-state index contributed by atoms with van der Waals surface area (Å²) in [6, 6.07) is 0.359. The lowest BCUT2D eigenvalue weighted by Gasteiger charge is -2.33. The van der Waals surface area contributed by atoms with Gasteiger partial charge in [0, 0.05) is 66.1 Å². The Morgan fingerprint density at radius 1 is 1.23 bits per heavy atom. The predicted octanol–water partition coefficient (Wildman–Crippen LogP) is 0.759. The number of sulfonamides is 1. The van der Waals surface area contributed by atoms with Crippen LogP contribution in [0.1, 0.15) is 38.5 Å². The molecule has 30 heavy (non-hydrogen) atoms. The molecule has 0 aromatic rings. The molecule has 1 atom stereocenters. The summed E-state index contributed by atoms with van der Waals surface area (Å²) in [5, 5.41) is 6.54. The molecule has 0 saturated carbocycles. The Bertz CT molecular complexity index is 579. The molecule has 2 aliphatic rings. The minimum Gasteiger partial charge on any atom is -0.385 e. The SMILES string of the molecule is CN=C(NCCS(=O)(=O)NCC1CCCCO1)NC1CCN(CCCOC)CC1.I. The third-order valence-electron chi connectivity index (χ3n) is 5.44. The van der Waals surface area contributed by atoms with Crippen LogP contribution in [-0.2, 0) is 19.5 Å². The molecule has 0 aromatic heterocycles. The Morgan fingerprint density at radius 3 is 2.63 bits per heavy atom. The predicted molar refractivity (Wildman–Crippen MR) is 131 cm³/mol. The number of likely N-dealkylation sites (tertiary alicyclic amines) is 1. The number of rotatable bonds is 11. The Kier molecular flexibility index (Phi) is 14.4. The first-order valence-electron chi connectivity index (χ1n) is 10.8. The minimum atomic E-state index is -3.33. The maximum absolute atomic E-state index is 12.2. The maximum atomic E-state index is 12.2. The average Bonchev–Trinajstić information content (AvgIpc) is 2.73. The summed E-state index contributed by atoms with van der Waals surface area (Å²) in [6.07, 6.45) is 6.24. The van der Waals surface area contributed by atoms with E-state index in [1.807, 2.05) is 0 Å². The van der Waals surface area contributed by atoms with Gasteiger partial charge >= 0.3 is 0 Å². The summed E-state index contributed by atoms with van der Waals surface area (Å²) in [4.78, 5) is 6.69. The largest absolute Gasteiger partial charge is 0.385 e. The molecular weight excluding hydrogens is 521 g/mol. The van der Waals surface area contributed by atoms with Crippen LogP contribution in [0.15, 0.2) is 4.99 Å². The van der Waals surface area contributed by atoms with Crippen molar-refractivity contribution in [2.24, 2.45) is 4.99 Å². The van der Waals surface area contributed by atoms with Crippen LogP contribution >= 0.6 is 24.0 Å². The molecule has 3 N–H and O–H groups in total. The van der Waals surface area contributed by atoms with Crippen LogP contribution in [0.3, 0.4) is 0 Å². The van der Waals surface area contributed by atoms with E-state index in [1.54, 1.807) is 14.2 Å². The van der Waals surface area contributed by atoms with Crippen LogP contribution in [0.5, 0.6) is 0 Å². The van der Waals surface area contributed by atoms with Crippen LogP contribution in [0.25, 0.3) is 0 Å². The summed E-state index contributed by atoms with van der Waals surface area (Å²) >= 11 is 0. The van der Waals surface area contributed by atoms with Crippen LogP contribution in [-0.4, -0.2) is 97.3 Å². The molecule has 2 aliphatic heterocycles. The van der Waals surface area contributed by atoms with Crippen molar-refractivity contribution in [2.75, 3.05) is 65.8 Å². The lowest BCUT2D eigenvalue weighted by Crippen LogP contribution is -2.49. The van der Waals surface area contributed by atoms with Gasteiger partial charge in [-0.15, -0.1) is 24.0 Å². The molecule has 178 valence electrons. The second-order valence-electron chi connectivity index (χ2n) is 7.76. The van der Waals surface area contributed by atoms with Crippen molar-refractivity contribution in [2.45, 2.75) is 50.7 Å². The van der Waals surface area contributed by atoms with Crippen molar-refractivity contribution in [3.8, 4) is 0 Å². The number of hydrogen-bond donors (Lipinski definition) is 3. The number of halogens is 1. The van der Waals surface area contributed by atoms with Crippen LogP contribution < -0.4 is 15.4 Å². The number of methoxy groups -OCH3 is 1. The minimum absolute atomic E-state index is 0. The molecule has 0 aromatic carbocycles. The van der Waals surface area contributed by atoms with Gasteiger partial charge in [0.25, 0.3) is 0 Å². The van der Waals surface area contributed by atoms with Crippen LogP contribution in [0.2, 0.25) is 0 Å². The number of aliphatic imine (C=N–C) groups is 1. The maximum Gasteiger partial charge on any atom is 0.213 e. The van der Waals surface area contributed by atoms with Crippen molar-refractivity contribution in [3.05, 3.63) is 0 Å². The molecule has 0 radical (unpaired) electrons. The standard InChI is InChI=1S/C19H39N5O4S.HI/c1-20-19(23-17-7-11-24(12-8-17)10-5-13-27-2)21-9-15-29(25,26)22-16-18-6-3-4-14-28-18;/h17-18,22H,3-16H2,1-2H3,(H2,20,21,23);1H. The van der Waals surface area contributed by atoms with Crippen LogP contribution in [0, 0.1) is 0 Å². The second-order valence-corrected chi connectivity index (χ2v) is 9.69. The van der Waals surface area contributed by atoms with Gasteiger partial charge in [0.15, 0.2) is 5.96 Å². The first kappa shape index (κ1) is 27.8.